The van der Waals surface area contributed by atoms with Crippen LogP contribution in [0.5, 0.6) is 0 Å². The van der Waals surface area contributed by atoms with Gasteiger partial charge in [0.2, 0.25) is 0 Å². The van der Waals surface area contributed by atoms with Gasteiger partial charge in [-0.3, -0.25) is 4.79 Å². The molecule has 0 radical (unpaired) electrons. The highest BCUT2D eigenvalue weighted by Gasteiger charge is 2.13. The Kier molecular flexibility index (Phi) is 5.06. The van der Waals surface area contributed by atoms with E-state index in [1.54, 1.807) is 30.3 Å². The fourth-order valence-corrected chi connectivity index (χ4v) is 3.22. The topological polar surface area (TPSA) is 66.4 Å². The molecule has 5 heteroatoms. The summed E-state index contributed by atoms with van der Waals surface area (Å²) in [4.78, 5) is 25.4. The molecule has 0 saturated carbocycles. The second kappa shape index (κ2) is 7.59. The molecule has 0 aliphatic heterocycles. The third-order valence-corrected chi connectivity index (χ3v) is 4.57. The summed E-state index contributed by atoms with van der Waals surface area (Å²) in [7, 11) is 0. The van der Waals surface area contributed by atoms with E-state index in [1.165, 1.54) is 17.4 Å². The summed E-state index contributed by atoms with van der Waals surface area (Å²) >= 11 is 1.46. The number of aliphatic carboxylic acids is 1. The fraction of sp³-hybridized carbons (Fsp3) is 0. The number of carbonyl (C=O) groups is 2. The standard InChI is InChI=1S/C20H15NO3S/c22-19(15-9-5-2-6-10-15)21-17(20(23)24)13-16-11-12-18(25-16)14-7-3-1-4-8-14/h1-13H,(H,21,22)(H,23,24). The van der Waals surface area contributed by atoms with Crippen LogP contribution in [0.2, 0.25) is 0 Å². The maximum atomic E-state index is 12.2. The van der Waals surface area contributed by atoms with E-state index in [2.05, 4.69) is 5.32 Å². The van der Waals surface area contributed by atoms with Crippen LogP contribution in [0.4, 0.5) is 0 Å². The van der Waals surface area contributed by atoms with Crippen LogP contribution in [0.3, 0.4) is 0 Å². The van der Waals surface area contributed by atoms with Crippen molar-refractivity contribution in [2.24, 2.45) is 0 Å². The monoisotopic (exact) mass is 349 g/mol. The highest BCUT2D eigenvalue weighted by molar-refractivity contribution is 7.16. The van der Waals surface area contributed by atoms with Gasteiger partial charge in [0, 0.05) is 15.3 Å². The van der Waals surface area contributed by atoms with Crippen molar-refractivity contribution in [2.45, 2.75) is 0 Å². The summed E-state index contributed by atoms with van der Waals surface area (Å²) in [5.74, 6) is -1.63. The van der Waals surface area contributed by atoms with Gasteiger partial charge in [-0.1, -0.05) is 48.5 Å². The predicted octanol–water partition coefficient (Wildman–Crippen LogP) is 4.27. The van der Waals surface area contributed by atoms with Crippen LogP contribution in [-0.4, -0.2) is 17.0 Å². The van der Waals surface area contributed by atoms with Gasteiger partial charge in [-0.25, -0.2) is 4.79 Å². The highest BCUT2D eigenvalue weighted by Crippen LogP contribution is 2.29. The van der Waals surface area contributed by atoms with Gasteiger partial charge in [0.05, 0.1) is 0 Å². The average Bonchev–Trinajstić information content (AvgIpc) is 3.11. The second-order valence-electron chi connectivity index (χ2n) is 5.25. The van der Waals surface area contributed by atoms with Crippen LogP contribution in [0, 0.1) is 0 Å². The Morgan fingerprint density at radius 2 is 1.52 bits per heavy atom. The molecule has 4 nitrogen and oxygen atoms in total. The van der Waals surface area contributed by atoms with Crippen molar-refractivity contribution in [3.05, 3.63) is 88.9 Å². The Hall–Kier alpha value is -3.18. The number of carbonyl (C=O) groups excluding carboxylic acids is 1. The Labute approximate surface area is 149 Å². The van der Waals surface area contributed by atoms with E-state index >= 15 is 0 Å². The van der Waals surface area contributed by atoms with E-state index in [0.29, 0.717) is 5.56 Å². The normalized spacial score (nSPS) is 11.1. The van der Waals surface area contributed by atoms with E-state index in [-0.39, 0.29) is 5.70 Å². The van der Waals surface area contributed by atoms with Gasteiger partial charge >= 0.3 is 5.97 Å². The number of rotatable bonds is 5. The lowest BCUT2D eigenvalue weighted by Crippen LogP contribution is -2.27. The maximum Gasteiger partial charge on any atom is 0.352 e. The molecule has 3 rings (SSSR count). The summed E-state index contributed by atoms with van der Waals surface area (Å²) in [6.07, 6.45) is 1.47. The number of hydrogen-bond acceptors (Lipinski definition) is 3. The van der Waals surface area contributed by atoms with Crippen molar-refractivity contribution < 1.29 is 14.7 Å². The lowest BCUT2D eigenvalue weighted by molar-refractivity contribution is -0.132. The smallest absolute Gasteiger partial charge is 0.352 e. The lowest BCUT2D eigenvalue weighted by Gasteiger charge is -2.05. The minimum atomic E-state index is -1.18. The van der Waals surface area contributed by atoms with Gasteiger partial charge in [-0.2, -0.15) is 0 Å². The van der Waals surface area contributed by atoms with E-state index in [9.17, 15) is 14.7 Å². The Morgan fingerprint density at radius 1 is 0.880 bits per heavy atom. The zero-order chi connectivity index (χ0) is 17.6. The number of carboxylic acid groups (broad SMARTS) is 1. The molecule has 0 atom stereocenters. The molecule has 1 heterocycles. The van der Waals surface area contributed by atoms with Crippen LogP contribution in [0.25, 0.3) is 16.5 Å². The van der Waals surface area contributed by atoms with Gasteiger partial charge in [0.15, 0.2) is 0 Å². The van der Waals surface area contributed by atoms with Gasteiger partial charge in [-0.05, 0) is 35.9 Å². The van der Waals surface area contributed by atoms with Gasteiger partial charge in [-0.15, -0.1) is 11.3 Å². The maximum absolute atomic E-state index is 12.2. The molecule has 0 spiro atoms. The van der Waals surface area contributed by atoms with Crippen molar-refractivity contribution in [2.75, 3.05) is 0 Å². The van der Waals surface area contributed by atoms with E-state index < -0.39 is 11.9 Å². The molecule has 0 saturated heterocycles. The summed E-state index contributed by atoms with van der Waals surface area (Å²) in [5, 5.41) is 11.8. The van der Waals surface area contributed by atoms with E-state index in [4.69, 9.17) is 0 Å². The van der Waals surface area contributed by atoms with Crippen LogP contribution in [-0.2, 0) is 4.79 Å². The largest absolute Gasteiger partial charge is 0.477 e. The number of benzene rings is 2. The lowest BCUT2D eigenvalue weighted by atomic mass is 10.2. The molecule has 3 aromatic rings. The molecule has 0 aliphatic carbocycles. The zero-order valence-corrected chi connectivity index (χ0v) is 14.0. The molecule has 0 fully saturated rings. The average molecular weight is 349 g/mol. The molecule has 0 unspecified atom stereocenters. The van der Waals surface area contributed by atoms with Crippen molar-refractivity contribution in [1.82, 2.24) is 5.32 Å². The first-order chi connectivity index (χ1) is 12.1. The van der Waals surface area contributed by atoms with Crippen molar-refractivity contribution in [1.29, 1.82) is 0 Å². The molecular formula is C20H15NO3S. The Morgan fingerprint density at radius 3 is 2.16 bits per heavy atom. The fourth-order valence-electron chi connectivity index (χ4n) is 2.27. The minimum absolute atomic E-state index is 0.157. The molecule has 0 bridgehead atoms. The molecule has 25 heavy (non-hydrogen) atoms. The zero-order valence-electron chi connectivity index (χ0n) is 13.2. The van der Waals surface area contributed by atoms with Crippen LogP contribution >= 0.6 is 11.3 Å². The van der Waals surface area contributed by atoms with Crippen molar-refractivity contribution >= 4 is 29.3 Å². The summed E-state index contributed by atoms with van der Waals surface area (Å²) < 4.78 is 0. The number of thiophene rings is 1. The molecule has 2 N–H and O–H groups in total. The third-order valence-electron chi connectivity index (χ3n) is 3.49. The third kappa shape index (κ3) is 4.22. The molecule has 0 aliphatic rings. The van der Waals surface area contributed by atoms with Crippen LogP contribution in [0.15, 0.2) is 78.5 Å². The molecule has 1 aromatic heterocycles. The first-order valence-electron chi connectivity index (χ1n) is 7.60. The summed E-state index contributed by atoms with van der Waals surface area (Å²) in [6.45, 7) is 0. The first-order valence-corrected chi connectivity index (χ1v) is 8.42. The van der Waals surface area contributed by atoms with E-state index in [0.717, 1.165) is 15.3 Å². The number of amides is 1. The summed E-state index contributed by atoms with van der Waals surface area (Å²) in [5.41, 5.74) is 1.32. The quantitative estimate of drug-likeness (QED) is 0.676. The summed E-state index contributed by atoms with van der Waals surface area (Å²) in [6, 6.07) is 22.1. The van der Waals surface area contributed by atoms with Crippen LogP contribution in [0.1, 0.15) is 15.2 Å². The minimum Gasteiger partial charge on any atom is -0.477 e. The number of nitrogens with one attached hydrogen (secondary N) is 1. The first kappa shape index (κ1) is 16.7. The molecule has 124 valence electrons. The second-order valence-corrected chi connectivity index (χ2v) is 6.37. The number of carboxylic acids is 1. The van der Waals surface area contributed by atoms with Crippen LogP contribution < -0.4 is 5.32 Å². The van der Waals surface area contributed by atoms with Crippen molar-refractivity contribution in [3.63, 3.8) is 0 Å². The Bertz CT molecular complexity index is 914. The molecule has 2 aromatic carbocycles. The van der Waals surface area contributed by atoms with Gasteiger partial charge in [0.25, 0.3) is 5.91 Å². The predicted molar refractivity (Wildman–Crippen MR) is 99.3 cm³/mol. The van der Waals surface area contributed by atoms with Crippen molar-refractivity contribution in [3.8, 4) is 10.4 Å². The van der Waals surface area contributed by atoms with Gasteiger partial charge in [0.1, 0.15) is 5.70 Å². The SMILES string of the molecule is O=C(O)C(=Cc1ccc(-c2ccccc2)s1)NC(=O)c1ccccc1. The number of hydrogen-bond donors (Lipinski definition) is 2. The highest BCUT2D eigenvalue weighted by atomic mass is 32.1. The molecular weight excluding hydrogens is 334 g/mol. The Balaban J connectivity index is 1.82. The van der Waals surface area contributed by atoms with Gasteiger partial charge < -0.3 is 10.4 Å². The van der Waals surface area contributed by atoms with E-state index in [1.807, 2.05) is 42.5 Å². The molecule has 1 amide bonds.